The normalized spacial score (nSPS) is 11.8. The second-order valence-electron chi connectivity index (χ2n) is 5.50. The summed E-state index contributed by atoms with van der Waals surface area (Å²) >= 11 is 4.98. The summed E-state index contributed by atoms with van der Waals surface area (Å²) in [4.78, 5) is 15.4. The van der Waals surface area contributed by atoms with Crippen LogP contribution in [-0.2, 0) is 11.3 Å². The van der Waals surface area contributed by atoms with E-state index in [1.54, 1.807) is 11.8 Å². The Morgan fingerprint density at radius 3 is 2.57 bits per heavy atom. The molecule has 0 aliphatic carbocycles. The lowest BCUT2D eigenvalue weighted by Gasteiger charge is -2.15. The smallest absolute Gasteiger partial charge is 0.233 e. The van der Waals surface area contributed by atoms with Gasteiger partial charge in [-0.3, -0.25) is 4.79 Å². The summed E-state index contributed by atoms with van der Waals surface area (Å²) in [5, 5.41) is 2.88. The van der Waals surface area contributed by atoms with Crippen LogP contribution >= 0.6 is 27.7 Å². The highest BCUT2D eigenvalue weighted by Crippen LogP contribution is 2.25. The van der Waals surface area contributed by atoms with Gasteiger partial charge in [0.25, 0.3) is 0 Å². The van der Waals surface area contributed by atoms with Crippen LogP contribution in [0.15, 0.2) is 57.9 Å². The van der Waals surface area contributed by atoms with Crippen molar-refractivity contribution in [3.8, 4) is 0 Å². The van der Waals surface area contributed by atoms with Crippen LogP contribution in [0.25, 0.3) is 0 Å². The number of halogens is 1. The predicted octanol–water partition coefficient (Wildman–Crippen LogP) is 4.31. The molecular weight excluding hydrogens is 372 g/mol. The first-order chi connectivity index (χ1) is 11.0. The van der Waals surface area contributed by atoms with Crippen LogP contribution in [0.2, 0.25) is 0 Å². The molecule has 2 aromatic rings. The Kier molecular flexibility index (Phi) is 6.54. The minimum absolute atomic E-state index is 0.0492. The summed E-state index contributed by atoms with van der Waals surface area (Å²) in [5.74, 6) is 0.0492. The Morgan fingerprint density at radius 2 is 1.91 bits per heavy atom. The number of carbonyl (C=O) groups is 1. The molecule has 0 aliphatic heterocycles. The van der Waals surface area contributed by atoms with Crippen molar-refractivity contribution in [2.24, 2.45) is 0 Å². The molecule has 0 radical (unpaired) electrons. The second kappa shape index (κ2) is 8.41. The second-order valence-corrected chi connectivity index (χ2v) is 7.83. The van der Waals surface area contributed by atoms with Crippen molar-refractivity contribution in [2.45, 2.75) is 23.6 Å². The molecule has 0 aliphatic rings. The van der Waals surface area contributed by atoms with Crippen LogP contribution in [-0.4, -0.2) is 25.3 Å². The standard InChI is InChI=1S/C18H21BrN2OS/c1-13(23-17-9-7-15(19)8-10-17)18(22)20-12-14-5-4-6-16(11-14)21(2)3/h4-11,13H,12H2,1-3H3,(H,20,22). The van der Waals surface area contributed by atoms with Gasteiger partial charge in [-0.1, -0.05) is 28.1 Å². The average molecular weight is 393 g/mol. The van der Waals surface area contributed by atoms with E-state index >= 15 is 0 Å². The van der Waals surface area contributed by atoms with Gasteiger partial charge in [-0.2, -0.15) is 0 Å². The quantitative estimate of drug-likeness (QED) is 0.743. The highest BCUT2D eigenvalue weighted by Gasteiger charge is 2.14. The van der Waals surface area contributed by atoms with Gasteiger partial charge in [0, 0.05) is 35.7 Å². The highest BCUT2D eigenvalue weighted by molar-refractivity contribution is 9.10. The number of anilines is 1. The van der Waals surface area contributed by atoms with Crippen LogP contribution in [0.1, 0.15) is 12.5 Å². The fraction of sp³-hybridized carbons (Fsp3) is 0.278. The molecule has 0 heterocycles. The SMILES string of the molecule is CC(Sc1ccc(Br)cc1)C(=O)NCc1cccc(N(C)C)c1. The van der Waals surface area contributed by atoms with Crippen molar-refractivity contribution >= 4 is 39.3 Å². The first kappa shape index (κ1) is 17.9. The molecule has 0 fully saturated rings. The molecule has 1 N–H and O–H groups in total. The largest absolute Gasteiger partial charge is 0.378 e. The zero-order valence-corrected chi connectivity index (χ0v) is 15.9. The Hall–Kier alpha value is -1.46. The zero-order chi connectivity index (χ0) is 16.8. The number of benzene rings is 2. The van der Waals surface area contributed by atoms with E-state index < -0.39 is 0 Å². The van der Waals surface area contributed by atoms with Crippen LogP contribution in [0, 0.1) is 0 Å². The lowest BCUT2D eigenvalue weighted by atomic mass is 10.2. The maximum Gasteiger partial charge on any atom is 0.233 e. The number of rotatable bonds is 6. The molecule has 122 valence electrons. The van der Waals surface area contributed by atoms with E-state index in [1.165, 1.54) is 0 Å². The lowest BCUT2D eigenvalue weighted by molar-refractivity contribution is -0.120. The van der Waals surface area contributed by atoms with Crippen LogP contribution < -0.4 is 10.2 Å². The van der Waals surface area contributed by atoms with Crippen LogP contribution in [0.3, 0.4) is 0 Å². The molecule has 0 saturated heterocycles. The van der Waals surface area contributed by atoms with Crippen molar-refractivity contribution in [2.75, 3.05) is 19.0 Å². The maximum atomic E-state index is 12.3. The molecule has 0 saturated carbocycles. The van der Waals surface area contributed by atoms with Gasteiger partial charge in [0.05, 0.1) is 5.25 Å². The van der Waals surface area contributed by atoms with Gasteiger partial charge >= 0.3 is 0 Å². The lowest BCUT2D eigenvalue weighted by Crippen LogP contribution is -2.30. The number of hydrogen-bond donors (Lipinski definition) is 1. The van der Waals surface area contributed by atoms with Gasteiger partial charge in [-0.15, -0.1) is 11.8 Å². The minimum atomic E-state index is -0.131. The molecule has 1 unspecified atom stereocenters. The van der Waals surface area contributed by atoms with E-state index in [-0.39, 0.29) is 11.2 Å². The van der Waals surface area contributed by atoms with E-state index in [0.29, 0.717) is 6.54 Å². The highest BCUT2D eigenvalue weighted by atomic mass is 79.9. The predicted molar refractivity (Wildman–Crippen MR) is 102 cm³/mol. The van der Waals surface area contributed by atoms with Gasteiger partial charge in [0.1, 0.15) is 0 Å². The van der Waals surface area contributed by atoms with E-state index in [2.05, 4.69) is 38.3 Å². The van der Waals surface area contributed by atoms with Gasteiger partial charge in [-0.25, -0.2) is 0 Å². The van der Waals surface area contributed by atoms with E-state index in [1.807, 2.05) is 57.4 Å². The van der Waals surface area contributed by atoms with Gasteiger partial charge in [-0.05, 0) is 48.9 Å². The van der Waals surface area contributed by atoms with Gasteiger partial charge in [0.15, 0.2) is 0 Å². The molecular formula is C18H21BrN2OS. The molecule has 0 spiro atoms. The zero-order valence-electron chi connectivity index (χ0n) is 13.5. The molecule has 3 nitrogen and oxygen atoms in total. The van der Waals surface area contributed by atoms with Crippen LogP contribution in [0.4, 0.5) is 5.69 Å². The Labute approximate surface area is 150 Å². The Morgan fingerprint density at radius 1 is 1.22 bits per heavy atom. The topological polar surface area (TPSA) is 32.3 Å². The van der Waals surface area contributed by atoms with Gasteiger partial charge in [0.2, 0.25) is 5.91 Å². The van der Waals surface area contributed by atoms with Crippen molar-refractivity contribution in [3.63, 3.8) is 0 Å². The molecule has 1 atom stereocenters. The molecule has 5 heteroatoms. The molecule has 2 aromatic carbocycles. The van der Waals surface area contributed by atoms with Gasteiger partial charge < -0.3 is 10.2 Å². The Bertz CT molecular complexity index is 658. The molecule has 0 bridgehead atoms. The number of nitrogens with one attached hydrogen (secondary N) is 1. The van der Waals surface area contributed by atoms with Crippen molar-refractivity contribution < 1.29 is 4.79 Å². The fourth-order valence-corrected chi connectivity index (χ4v) is 3.20. The number of thioether (sulfide) groups is 1. The molecule has 23 heavy (non-hydrogen) atoms. The summed E-state index contributed by atoms with van der Waals surface area (Å²) in [7, 11) is 4.02. The van der Waals surface area contributed by atoms with Crippen molar-refractivity contribution in [1.82, 2.24) is 5.32 Å². The maximum absolute atomic E-state index is 12.3. The summed E-state index contributed by atoms with van der Waals surface area (Å²) in [5.41, 5.74) is 2.24. The summed E-state index contributed by atoms with van der Waals surface area (Å²) in [6.45, 7) is 2.48. The fourth-order valence-electron chi connectivity index (χ4n) is 2.05. The third kappa shape index (κ3) is 5.59. The first-order valence-corrected chi connectivity index (χ1v) is 9.09. The number of nitrogens with zero attached hydrogens (tertiary/aromatic N) is 1. The summed E-state index contributed by atoms with van der Waals surface area (Å²) in [6.07, 6.45) is 0. The van der Waals surface area contributed by atoms with E-state index in [9.17, 15) is 4.79 Å². The molecule has 0 aromatic heterocycles. The minimum Gasteiger partial charge on any atom is -0.378 e. The van der Waals surface area contributed by atoms with Crippen LogP contribution in [0.5, 0.6) is 0 Å². The molecule has 1 amide bonds. The third-order valence-electron chi connectivity index (χ3n) is 3.39. The number of hydrogen-bond acceptors (Lipinski definition) is 3. The first-order valence-electron chi connectivity index (χ1n) is 7.42. The van der Waals surface area contributed by atoms with E-state index in [4.69, 9.17) is 0 Å². The van der Waals surface area contributed by atoms with Crippen molar-refractivity contribution in [3.05, 3.63) is 58.6 Å². The summed E-state index contributed by atoms with van der Waals surface area (Å²) in [6, 6.07) is 16.2. The number of carbonyl (C=O) groups excluding carboxylic acids is 1. The number of amides is 1. The third-order valence-corrected chi connectivity index (χ3v) is 5.03. The van der Waals surface area contributed by atoms with Crippen molar-refractivity contribution in [1.29, 1.82) is 0 Å². The average Bonchev–Trinajstić information content (AvgIpc) is 2.55. The summed E-state index contributed by atoms with van der Waals surface area (Å²) < 4.78 is 1.04. The van der Waals surface area contributed by atoms with E-state index in [0.717, 1.165) is 20.6 Å². The molecule has 2 rings (SSSR count). The monoisotopic (exact) mass is 392 g/mol. The Balaban J connectivity index is 1.88.